The maximum absolute atomic E-state index is 6.04. The molecular formula is C17H26N2O2. The van der Waals surface area contributed by atoms with E-state index in [1.54, 1.807) is 0 Å². The molecule has 0 amide bonds. The molecule has 2 aliphatic rings. The fraction of sp³-hybridized carbons (Fsp3) is 0.706. The third kappa shape index (κ3) is 3.74. The average molecular weight is 290 g/mol. The van der Waals surface area contributed by atoms with E-state index in [1.165, 1.54) is 6.42 Å². The van der Waals surface area contributed by atoms with Gasteiger partial charge in [-0.2, -0.15) is 0 Å². The van der Waals surface area contributed by atoms with Crippen LogP contribution in [0.2, 0.25) is 0 Å². The van der Waals surface area contributed by atoms with Crippen LogP contribution in [0.25, 0.3) is 0 Å². The number of pyridine rings is 1. The first kappa shape index (κ1) is 14.8. The molecule has 2 unspecified atom stereocenters. The van der Waals surface area contributed by atoms with Crippen LogP contribution < -0.4 is 4.74 Å². The van der Waals surface area contributed by atoms with E-state index in [4.69, 9.17) is 9.47 Å². The molecule has 0 spiro atoms. The summed E-state index contributed by atoms with van der Waals surface area (Å²) in [5.41, 5.74) is 1.01. The summed E-state index contributed by atoms with van der Waals surface area (Å²) in [6.07, 6.45) is 3.68. The van der Waals surface area contributed by atoms with Crippen LogP contribution in [-0.2, 0) is 4.74 Å². The zero-order chi connectivity index (χ0) is 14.7. The molecule has 3 rings (SSSR count). The topological polar surface area (TPSA) is 34.6 Å². The van der Waals surface area contributed by atoms with Crippen molar-refractivity contribution in [2.45, 2.75) is 45.3 Å². The van der Waals surface area contributed by atoms with Crippen LogP contribution in [-0.4, -0.2) is 48.3 Å². The highest BCUT2D eigenvalue weighted by Gasteiger charge is 2.31. The summed E-state index contributed by atoms with van der Waals surface area (Å²) < 4.78 is 11.6. The third-order valence-electron chi connectivity index (χ3n) is 4.69. The number of aromatic nitrogens is 1. The average Bonchev–Trinajstić information content (AvgIpc) is 2.49. The number of hydrogen-bond acceptors (Lipinski definition) is 4. The molecule has 1 aromatic rings. The van der Waals surface area contributed by atoms with Gasteiger partial charge in [0, 0.05) is 37.5 Å². The van der Waals surface area contributed by atoms with Crippen LogP contribution >= 0.6 is 0 Å². The summed E-state index contributed by atoms with van der Waals surface area (Å²) >= 11 is 0. The largest absolute Gasteiger partial charge is 0.474 e. The monoisotopic (exact) mass is 290 g/mol. The molecule has 0 aromatic carbocycles. The third-order valence-corrected chi connectivity index (χ3v) is 4.69. The number of rotatable bonds is 3. The minimum absolute atomic E-state index is 0.311. The summed E-state index contributed by atoms with van der Waals surface area (Å²) in [4.78, 5) is 7.07. The van der Waals surface area contributed by atoms with Gasteiger partial charge in [0.05, 0.1) is 6.61 Å². The summed E-state index contributed by atoms with van der Waals surface area (Å²) in [6.45, 7) is 8.40. The standard InChI is InChI=1S/C17H26N2O2/c1-13-12-20-11-8-16(13)19-9-6-15(7-10-19)21-17-5-3-4-14(2)18-17/h3-5,13,15-16H,6-12H2,1-2H3. The van der Waals surface area contributed by atoms with Gasteiger partial charge in [0.25, 0.3) is 0 Å². The highest BCUT2D eigenvalue weighted by molar-refractivity contribution is 5.15. The lowest BCUT2D eigenvalue weighted by Crippen LogP contribution is -2.49. The van der Waals surface area contributed by atoms with Gasteiger partial charge in [-0.15, -0.1) is 0 Å². The molecule has 2 atom stereocenters. The normalized spacial score (nSPS) is 28.5. The molecule has 2 saturated heterocycles. The lowest BCUT2D eigenvalue weighted by Gasteiger charge is -2.42. The Morgan fingerprint density at radius 1 is 1.24 bits per heavy atom. The van der Waals surface area contributed by atoms with Crippen molar-refractivity contribution in [1.29, 1.82) is 0 Å². The van der Waals surface area contributed by atoms with E-state index in [2.05, 4.69) is 16.8 Å². The maximum atomic E-state index is 6.04. The van der Waals surface area contributed by atoms with E-state index in [0.717, 1.165) is 50.7 Å². The lowest BCUT2D eigenvalue weighted by atomic mass is 9.93. The van der Waals surface area contributed by atoms with Crippen molar-refractivity contribution in [3.63, 3.8) is 0 Å². The molecule has 4 heteroatoms. The van der Waals surface area contributed by atoms with Gasteiger partial charge in [-0.3, -0.25) is 4.90 Å². The van der Waals surface area contributed by atoms with E-state index < -0.39 is 0 Å². The first-order valence-electron chi connectivity index (χ1n) is 8.14. The zero-order valence-corrected chi connectivity index (χ0v) is 13.1. The van der Waals surface area contributed by atoms with Gasteiger partial charge < -0.3 is 9.47 Å². The molecular weight excluding hydrogens is 264 g/mol. The van der Waals surface area contributed by atoms with Gasteiger partial charge >= 0.3 is 0 Å². The van der Waals surface area contributed by atoms with Crippen LogP contribution in [0.4, 0.5) is 0 Å². The van der Waals surface area contributed by atoms with Crippen LogP contribution in [0.15, 0.2) is 18.2 Å². The predicted molar refractivity (Wildman–Crippen MR) is 82.6 cm³/mol. The van der Waals surface area contributed by atoms with Crippen molar-refractivity contribution in [2.24, 2.45) is 5.92 Å². The van der Waals surface area contributed by atoms with Gasteiger partial charge in [0.2, 0.25) is 5.88 Å². The Hall–Kier alpha value is -1.13. The molecule has 0 radical (unpaired) electrons. The van der Waals surface area contributed by atoms with E-state index in [9.17, 15) is 0 Å². The Morgan fingerprint density at radius 3 is 2.76 bits per heavy atom. The molecule has 116 valence electrons. The Bertz CT molecular complexity index is 458. The van der Waals surface area contributed by atoms with Gasteiger partial charge in [0.15, 0.2) is 0 Å². The van der Waals surface area contributed by atoms with Crippen LogP contribution in [0.5, 0.6) is 5.88 Å². The molecule has 4 nitrogen and oxygen atoms in total. The zero-order valence-electron chi connectivity index (χ0n) is 13.1. The fourth-order valence-corrected chi connectivity index (χ4v) is 3.49. The molecule has 2 aliphatic heterocycles. The fourth-order valence-electron chi connectivity index (χ4n) is 3.49. The Balaban J connectivity index is 1.50. The number of aryl methyl sites for hydroxylation is 1. The summed E-state index contributed by atoms with van der Waals surface area (Å²) in [7, 11) is 0. The highest BCUT2D eigenvalue weighted by atomic mass is 16.5. The van der Waals surface area contributed by atoms with Crippen molar-refractivity contribution in [3.8, 4) is 5.88 Å². The molecule has 3 heterocycles. The van der Waals surface area contributed by atoms with Gasteiger partial charge in [-0.1, -0.05) is 13.0 Å². The molecule has 21 heavy (non-hydrogen) atoms. The molecule has 1 aromatic heterocycles. The van der Waals surface area contributed by atoms with Crippen molar-refractivity contribution in [1.82, 2.24) is 9.88 Å². The number of piperidine rings is 1. The van der Waals surface area contributed by atoms with Gasteiger partial charge in [-0.05, 0) is 38.2 Å². The lowest BCUT2D eigenvalue weighted by molar-refractivity contribution is -0.0235. The summed E-state index contributed by atoms with van der Waals surface area (Å²) in [5, 5.41) is 0. The second kappa shape index (κ2) is 6.75. The number of ether oxygens (including phenoxy) is 2. The summed E-state index contributed by atoms with van der Waals surface area (Å²) in [5.74, 6) is 1.42. The molecule has 2 fully saturated rings. The highest BCUT2D eigenvalue weighted by Crippen LogP contribution is 2.25. The smallest absolute Gasteiger partial charge is 0.213 e. The molecule has 0 bridgehead atoms. The van der Waals surface area contributed by atoms with E-state index in [1.807, 2.05) is 25.1 Å². The first-order chi connectivity index (χ1) is 10.2. The first-order valence-corrected chi connectivity index (χ1v) is 8.14. The van der Waals surface area contributed by atoms with Crippen molar-refractivity contribution >= 4 is 0 Å². The van der Waals surface area contributed by atoms with E-state index in [0.29, 0.717) is 18.1 Å². The maximum Gasteiger partial charge on any atom is 0.213 e. The summed E-state index contributed by atoms with van der Waals surface area (Å²) in [6, 6.07) is 6.66. The van der Waals surface area contributed by atoms with Crippen molar-refractivity contribution < 1.29 is 9.47 Å². The van der Waals surface area contributed by atoms with Gasteiger partial charge in [-0.25, -0.2) is 4.98 Å². The Morgan fingerprint density at radius 2 is 2.05 bits per heavy atom. The molecule has 0 saturated carbocycles. The van der Waals surface area contributed by atoms with Crippen molar-refractivity contribution in [2.75, 3.05) is 26.3 Å². The minimum Gasteiger partial charge on any atom is -0.474 e. The predicted octanol–water partition coefficient (Wildman–Crippen LogP) is 2.66. The van der Waals surface area contributed by atoms with Crippen LogP contribution in [0.1, 0.15) is 31.9 Å². The number of nitrogens with zero attached hydrogens (tertiary/aromatic N) is 2. The van der Waals surface area contributed by atoms with E-state index in [-0.39, 0.29) is 0 Å². The Labute approximate surface area is 127 Å². The van der Waals surface area contributed by atoms with Crippen molar-refractivity contribution in [3.05, 3.63) is 23.9 Å². The SMILES string of the molecule is Cc1cccc(OC2CCN(C3CCOCC3C)CC2)n1. The second-order valence-electron chi connectivity index (χ2n) is 6.38. The number of likely N-dealkylation sites (tertiary alicyclic amines) is 1. The van der Waals surface area contributed by atoms with Crippen LogP contribution in [0, 0.1) is 12.8 Å². The van der Waals surface area contributed by atoms with Crippen LogP contribution in [0.3, 0.4) is 0 Å². The molecule has 0 N–H and O–H groups in total. The van der Waals surface area contributed by atoms with E-state index >= 15 is 0 Å². The quantitative estimate of drug-likeness (QED) is 0.857. The number of hydrogen-bond donors (Lipinski definition) is 0. The second-order valence-corrected chi connectivity index (χ2v) is 6.38. The minimum atomic E-state index is 0.311. The Kier molecular flexibility index (Phi) is 4.76. The molecule has 0 aliphatic carbocycles. The van der Waals surface area contributed by atoms with Gasteiger partial charge in [0.1, 0.15) is 6.10 Å².